The molecule has 20 heavy (non-hydrogen) atoms. The summed E-state index contributed by atoms with van der Waals surface area (Å²) in [6.07, 6.45) is 17.5. The highest BCUT2D eigenvalue weighted by Gasteiger charge is 1.97. The average Bonchev–Trinajstić information content (AvgIpc) is 2.33. The fraction of sp³-hybridized carbons (Fsp3) is 0.600. The molecule has 0 aromatic rings. The van der Waals surface area contributed by atoms with Gasteiger partial charge in [0.1, 0.15) is 0 Å². The highest BCUT2D eigenvalue weighted by Crippen LogP contribution is 2.13. The van der Waals surface area contributed by atoms with Crippen molar-refractivity contribution in [3.63, 3.8) is 0 Å². The predicted octanol–water partition coefficient (Wildman–Crippen LogP) is 7.01. The highest BCUT2D eigenvalue weighted by atomic mass is 14.0. The molecule has 0 rings (SSSR count). The van der Waals surface area contributed by atoms with Crippen molar-refractivity contribution in [1.29, 1.82) is 0 Å². The van der Waals surface area contributed by atoms with Crippen molar-refractivity contribution in [2.45, 2.75) is 73.6 Å². The summed E-state index contributed by atoms with van der Waals surface area (Å²) in [5, 5.41) is 0. The topological polar surface area (TPSA) is 0 Å². The van der Waals surface area contributed by atoms with Crippen LogP contribution in [0.25, 0.3) is 0 Å². The van der Waals surface area contributed by atoms with Crippen molar-refractivity contribution in [3.8, 4) is 0 Å². The molecule has 0 heterocycles. The van der Waals surface area contributed by atoms with Gasteiger partial charge in [-0.1, -0.05) is 54.0 Å². The van der Waals surface area contributed by atoms with Crippen molar-refractivity contribution >= 4 is 0 Å². The maximum atomic E-state index is 2.34. The van der Waals surface area contributed by atoms with E-state index in [0.717, 1.165) is 12.3 Å². The van der Waals surface area contributed by atoms with Gasteiger partial charge in [0.15, 0.2) is 0 Å². The van der Waals surface area contributed by atoms with Gasteiger partial charge in [0, 0.05) is 0 Å². The van der Waals surface area contributed by atoms with Crippen molar-refractivity contribution in [2.24, 2.45) is 5.92 Å². The van der Waals surface area contributed by atoms with Gasteiger partial charge < -0.3 is 0 Å². The van der Waals surface area contributed by atoms with Crippen LogP contribution < -0.4 is 0 Å². The molecule has 0 radical (unpaired) electrons. The van der Waals surface area contributed by atoms with Crippen LogP contribution in [-0.2, 0) is 0 Å². The maximum Gasteiger partial charge on any atom is -0.0285 e. The molecule has 0 nitrogen and oxygen atoms in total. The zero-order chi connectivity index (χ0) is 15.4. The number of hydrogen-bond donors (Lipinski definition) is 0. The molecule has 0 bridgehead atoms. The van der Waals surface area contributed by atoms with Gasteiger partial charge in [-0.25, -0.2) is 0 Å². The Morgan fingerprint density at radius 1 is 0.900 bits per heavy atom. The summed E-state index contributed by atoms with van der Waals surface area (Å²) < 4.78 is 0. The molecule has 0 fully saturated rings. The summed E-state index contributed by atoms with van der Waals surface area (Å²) in [6, 6.07) is 0. The molecule has 1 unspecified atom stereocenters. The first-order chi connectivity index (χ1) is 9.41. The van der Waals surface area contributed by atoms with E-state index in [1.165, 1.54) is 42.4 Å². The molecule has 0 aliphatic carbocycles. The van der Waals surface area contributed by atoms with Crippen molar-refractivity contribution in [3.05, 3.63) is 47.1 Å². The Morgan fingerprint density at radius 2 is 1.50 bits per heavy atom. The van der Waals surface area contributed by atoms with Crippen LogP contribution >= 0.6 is 0 Å². The lowest BCUT2D eigenvalue weighted by molar-refractivity contribution is 0.546. The largest absolute Gasteiger partial charge is 0.0859 e. The molecule has 0 saturated heterocycles. The minimum absolute atomic E-state index is 0.779. The van der Waals surface area contributed by atoms with E-state index in [4.69, 9.17) is 0 Å². The second kappa shape index (κ2) is 11.8. The minimum atomic E-state index is 0.779. The van der Waals surface area contributed by atoms with E-state index in [-0.39, 0.29) is 0 Å². The van der Waals surface area contributed by atoms with Gasteiger partial charge in [0.2, 0.25) is 0 Å². The summed E-state index contributed by atoms with van der Waals surface area (Å²) >= 11 is 0. The van der Waals surface area contributed by atoms with Crippen LogP contribution in [0.4, 0.5) is 0 Å². The first-order valence-electron chi connectivity index (χ1n) is 8.00. The Kier molecular flexibility index (Phi) is 11.1. The molecule has 0 aromatic heterocycles. The molecular weight excluding hydrogens is 240 g/mol. The van der Waals surface area contributed by atoms with Crippen molar-refractivity contribution < 1.29 is 0 Å². The lowest BCUT2D eigenvalue weighted by Crippen LogP contribution is -1.91. The van der Waals surface area contributed by atoms with Crippen LogP contribution in [0.5, 0.6) is 0 Å². The molecule has 0 N–H and O–H groups in total. The monoisotopic (exact) mass is 274 g/mol. The van der Waals surface area contributed by atoms with E-state index in [2.05, 4.69) is 71.9 Å². The maximum absolute atomic E-state index is 2.34. The molecule has 1 atom stereocenters. The standard InChI is InChI=1S/C20H34/c1-17(2)11-9-15-19(5)13-7-8-14-20(6)16-10-12-18(3)4/h7-8,11-13,20H,9-10,14-16H2,1-6H3/b8-7?,19-13+. The van der Waals surface area contributed by atoms with E-state index in [0.29, 0.717) is 0 Å². The normalized spacial score (nSPS) is 13.4. The predicted molar refractivity (Wildman–Crippen MR) is 94.0 cm³/mol. The lowest BCUT2D eigenvalue weighted by atomic mass is 10.0. The van der Waals surface area contributed by atoms with Crippen LogP contribution in [0, 0.1) is 5.92 Å². The third-order valence-corrected chi connectivity index (χ3v) is 3.36. The molecule has 0 aliphatic rings. The van der Waals surface area contributed by atoms with Gasteiger partial charge in [0.05, 0.1) is 0 Å². The summed E-state index contributed by atoms with van der Waals surface area (Å²) in [5.74, 6) is 0.779. The van der Waals surface area contributed by atoms with E-state index >= 15 is 0 Å². The summed E-state index contributed by atoms with van der Waals surface area (Å²) in [4.78, 5) is 0. The lowest BCUT2D eigenvalue weighted by Gasteiger charge is -2.06. The number of rotatable bonds is 9. The van der Waals surface area contributed by atoms with Crippen LogP contribution in [0.1, 0.15) is 73.6 Å². The van der Waals surface area contributed by atoms with Gasteiger partial charge >= 0.3 is 0 Å². The van der Waals surface area contributed by atoms with E-state index in [1.54, 1.807) is 0 Å². The Bertz CT molecular complexity index is 355. The smallest absolute Gasteiger partial charge is 0.0285 e. The summed E-state index contributed by atoms with van der Waals surface area (Å²) in [7, 11) is 0. The van der Waals surface area contributed by atoms with Gasteiger partial charge in [-0.2, -0.15) is 0 Å². The third kappa shape index (κ3) is 13.4. The van der Waals surface area contributed by atoms with Crippen molar-refractivity contribution in [1.82, 2.24) is 0 Å². The Morgan fingerprint density at radius 3 is 2.10 bits per heavy atom. The first kappa shape index (κ1) is 19.0. The summed E-state index contributed by atoms with van der Waals surface area (Å²) in [6.45, 7) is 13.2. The fourth-order valence-electron chi connectivity index (χ4n) is 1.99. The zero-order valence-electron chi connectivity index (χ0n) is 14.5. The van der Waals surface area contributed by atoms with Crippen molar-refractivity contribution in [2.75, 3.05) is 0 Å². The zero-order valence-corrected chi connectivity index (χ0v) is 14.5. The van der Waals surface area contributed by atoms with Crippen LogP contribution in [0.2, 0.25) is 0 Å². The van der Waals surface area contributed by atoms with Gasteiger partial charge in [0.25, 0.3) is 0 Å². The van der Waals surface area contributed by atoms with Crippen LogP contribution in [0.15, 0.2) is 47.1 Å². The molecule has 0 amide bonds. The third-order valence-electron chi connectivity index (χ3n) is 3.36. The first-order valence-corrected chi connectivity index (χ1v) is 8.00. The minimum Gasteiger partial charge on any atom is -0.0859 e. The van der Waals surface area contributed by atoms with E-state index < -0.39 is 0 Å². The molecule has 0 aliphatic heterocycles. The second-order valence-electron chi connectivity index (χ2n) is 6.46. The average molecular weight is 274 g/mol. The quantitative estimate of drug-likeness (QED) is 0.313. The molecular formula is C20H34. The fourth-order valence-corrected chi connectivity index (χ4v) is 1.99. The molecule has 114 valence electrons. The summed E-state index contributed by atoms with van der Waals surface area (Å²) in [5.41, 5.74) is 4.32. The molecule has 0 saturated carbocycles. The SMILES string of the molecule is CC(C)=CCC/C(C)=C/C=CCC(C)CCC=C(C)C. The molecule has 0 heteroatoms. The van der Waals surface area contributed by atoms with Crippen LogP contribution in [-0.4, -0.2) is 0 Å². The van der Waals surface area contributed by atoms with Crippen LogP contribution in [0.3, 0.4) is 0 Å². The Labute approximate surface area is 127 Å². The number of allylic oxidation sites excluding steroid dienone is 8. The van der Waals surface area contributed by atoms with Gasteiger partial charge in [-0.05, 0) is 72.6 Å². The Hall–Kier alpha value is -1.04. The van der Waals surface area contributed by atoms with E-state index in [9.17, 15) is 0 Å². The highest BCUT2D eigenvalue weighted by molar-refractivity contribution is 5.11. The van der Waals surface area contributed by atoms with Gasteiger partial charge in [-0.15, -0.1) is 0 Å². The van der Waals surface area contributed by atoms with Gasteiger partial charge in [-0.3, -0.25) is 0 Å². The Balaban J connectivity index is 3.88. The molecule has 0 aromatic carbocycles. The number of hydrogen-bond acceptors (Lipinski definition) is 0. The van der Waals surface area contributed by atoms with E-state index in [1.807, 2.05) is 0 Å². The second-order valence-corrected chi connectivity index (χ2v) is 6.46. The molecule has 0 spiro atoms.